The normalized spacial score (nSPS) is 13.6. The van der Waals surface area contributed by atoms with Gasteiger partial charge in [0, 0.05) is 0 Å². The van der Waals surface area contributed by atoms with E-state index in [1.165, 1.54) is 32.1 Å². The Morgan fingerprint density at radius 1 is 1.00 bits per heavy atom. The first kappa shape index (κ1) is 13.7. The van der Waals surface area contributed by atoms with Crippen molar-refractivity contribution in [2.24, 2.45) is 0 Å². The fraction of sp³-hybridized carbons (Fsp3) is 0.846. The van der Waals surface area contributed by atoms with Gasteiger partial charge in [0.05, 0.1) is 6.10 Å². The van der Waals surface area contributed by atoms with E-state index in [4.69, 9.17) is 0 Å². The molecular weight excluding hydrogens is 172 g/mol. The smallest absolute Gasteiger partial charge is 0.0720 e. The van der Waals surface area contributed by atoms with Crippen LogP contribution in [0.1, 0.15) is 65.2 Å². The summed E-state index contributed by atoms with van der Waals surface area (Å²) in [7, 11) is 0. The minimum atomic E-state index is -0.205. The average Bonchev–Trinajstić information content (AvgIpc) is 2.18. The molecule has 0 aromatic carbocycles. The van der Waals surface area contributed by atoms with Crippen LogP contribution in [0.3, 0.4) is 0 Å². The lowest BCUT2D eigenvalue weighted by Gasteiger charge is -2.03. The van der Waals surface area contributed by atoms with Crippen LogP contribution < -0.4 is 0 Å². The average molecular weight is 198 g/mol. The van der Waals surface area contributed by atoms with Crippen molar-refractivity contribution in [2.75, 3.05) is 0 Å². The van der Waals surface area contributed by atoms with Crippen molar-refractivity contribution in [1.29, 1.82) is 0 Å². The predicted molar refractivity (Wildman–Crippen MR) is 63.4 cm³/mol. The van der Waals surface area contributed by atoms with Crippen molar-refractivity contribution in [1.82, 2.24) is 0 Å². The molecule has 0 aliphatic heterocycles. The molecule has 0 saturated heterocycles. The molecule has 0 aromatic rings. The third kappa shape index (κ3) is 9.79. The molecule has 1 nitrogen and oxygen atoms in total. The summed E-state index contributed by atoms with van der Waals surface area (Å²) in [5, 5.41) is 9.55. The summed E-state index contributed by atoms with van der Waals surface area (Å²) in [6, 6.07) is 0. The van der Waals surface area contributed by atoms with Crippen molar-refractivity contribution < 1.29 is 5.11 Å². The molecule has 0 spiro atoms. The molecule has 1 unspecified atom stereocenters. The van der Waals surface area contributed by atoms with Crippen LogP contribution in [0.4, 0.5) is 0 Å². The van der Waals surface area contributed by atoms with Crippen LogP contribution in [-0.4, -0.2) is 11.2 Å². The predicted octanol–water partition coefficient (Wildman–Crippen LogP) is 4.06. The second-order valence-corrected chi connectivity index (χ2v) is 3.99. The Morgan fingerprint density at radius 2 is 1.64 bits per heavy atom. The summed E-state index contributed by atoms with van der Waals surface area (Å²) in [6.07, 6.45) is 13.4. The fourth-order valence-corrected chi connectivity index (χ4v) is 1.47. The molecule has 0 radical (unpaired) electrons. The van der Waals surface area contributed by atoms with Crippen molar-refractivity contribution >= 4 is 0 Å². The Hall–Kier alpha value is -0.300. The Bertz CT molecular complexity index is 129. The minimum Gasteiger partial charge on any atom is -0.389 e. The number of hydrogen-bond donors (Lipinski definition) is 1. The number of aliphatic hydroxyl groups is 1. The van der Waals surface area contributed by atoms with Gasteiger partial charge >= 0.3 is 0 Å². The molecule has 0 saturated carbocycles. The molecular formula is C13H26O. The zero-order valence-electron chi connectivity index (χ0n) is 9.84. The highest BCUT2D eigenvalue weighted by atomic mass is 16.3. The van der Waals surface area contributed by atoms with Crippen LogP contribution in [0.25, 0.3) is 0 Å². The highest BCUT2D eigenvalue weighted by molar-refractivity contribution is 4.88. The van der Waals surface area contributed by atoms with Crippen LogP contribution in [0.5, 0.6) is 0 Å². The molecule has 0 aliphatic carbocycles. The first-order valence-corrected chi connectivity index (χ1v) is 6.16. The lowest BCUT2D eigenvalue weighted by Crippen LogP contribution is -2.01. The third-order valence-corrected chi connectivity index (χ3v) is 2.44. The molecule has 0 aliphatic rings. The van der Waals surface area contributed by atoms with E-state index in [9.17, 15) is 5.11 Å². The van der Waals surface area contributed by atoms with Gasteiger partial charge in [-0.1, -0.05) is 58.1 Å². The molecule has 0 heterocycles. The third-order valence-electron chi connectivity index (χ3n) is 2.44. The largest absolute Gasteiger partial charge is 0.389 e. The summed E-state index contributed by atoms with van der Waals surface area (Å²) in [5.74, 6) is 0. The summed E-state index contributed by atoms with van der Waals surface area (Å²) in [4.78, 5) is 0. The lowest BCUT2D eigenvalue weighted by molar-refractivity contribution is 0.208. The van der Waals surface area contributed by atoms with E-state index in [2.05, 4.69) is 19.9 Å². The zero-order valence-corrected chi connectivity index (χ0v) is 9.84. The molecule has 1 heteroatoms. The van der Waals surface area contributed by atoms with Crippen LogP contribution in [0.15, 0.2) is 12.2 Å². The van der Waals surface area contributed by atoms with E-state index in [-0.39, 0.29) is 6.10 Å². The van der Waals surface area contributed by atoms with Gasteiger partial charge in [-0.15, -0.1) is 0 Å². The van der Waals surface area contributed by atoms with Crippen LogP contribution in [-0.2, 0) is 0 Å². The SMILES string of the molecule is CCCCC/C=C/C(O)CCCCC. The molecule has 0 amide bonds. The van der Waals surface area contributed by atoms with E-state index in [0.29, 0.717) is 0 Å². The Balaban J connectivity index is 3.26. The Morgan fingerprint density at radius 3 is 2.29 bits per heavy atom. The summed E-state index contributed by atoms with van der Waals surface area (Å²) >= 11 is 0. The first-order valence-electron chi connectivity index (χ1n) is 6.16. The fourth-order valence-electron chi connectivity index (χ4n) is 1.47. The topological polar surface area (TPSA) is 20.2 Å². The molecule has 0 bridgehead atoms. The number of hydrogen-bond acceptors (Lipinski definition) is 1. The van der Waals surface area contributed by atoms with Crippen LogP contribution in [0, 0.1) is 0 Å². The van der Waals surface area contributed by atoms with E-state index in [0.717, 1.165) is 19.3 Å². The Labute approximate surface area is 89.2 Å². The van der Waals surface area contributed by atoms with Crippen LogP contribution >= 0.6 is 0 Å². The monoisotopic (exact) mass is 198 g/mol. The lowest BCUT2D eigenvalue weighted by atomic mass is 10.1. The van der Waals surface area contributed by atoms with Gasteiger partial charge in [-0.3, -0.25) is 0 Å². The van der Waals surface area contributed by atoms with Gasteiger partial charge in [-0.05, 0) is 19.3 Å². The maximum Gasteiger partial charge on any atom is 0.0720 e. The summed E-state index contributed by atoms with van der Waals surface area (Å²) < 4.78 is 0. The summed E-state index contributed by atoms with van der Waals surface area (Å²) in [5.41, 5.74) is 0. The van der Waals surface area contributed by atoms with Crippen molar-refractivity contribution in [3.05, 3.63) is 12.2 Å². The van der Waals surface area contributed by atoms with E-state index >= 15 is 0 Å². The molecule has 0 fully saturated rings. The Kier molecular flexibility index (Phi) is 10.5. The van der Waals surface area contributed by atoms with Gasteiger partial charge in [0.15, 0.2) is 0 Å². The molecule has 14 heavy (non-hydrogen) atoms. The molecule has 1 atom stereocenters. The highest BCUT2D eigenvalue weighted by Gasteiger charge is 1.96. The van der Waals surface area contributed by atoms with E-state index in [1.807, 2.05) is 6.08 Å². The summed E-state index contributed by atoms with van der Waals surface area (Å²) in [6.45, 7) is 4.40. The number of rotatable bonds is 9. The van der Waals surface area contributed by atoms with Gasteiger partial charge < -0.3 is 5.11 Å². The van der Waals surface area contributed by atoms with Gasteiger partial charge in [0.2, 0.25) is 0 Å². The molecule has 84 valence electrons. The first-order chi connectivity index (χ1) is 6.81. The van der Waals surface area contributed by atoms with Crippen molar-refractivity contribution in [2.45, 2.75) is 71.3 Å². The van der Waals surface area contributed by atoms with Gasteiger partial charge in [-0.2, -0.15) is 0 Å². The minimum absolute atomic E-state index is 0.205. The quantitative estimate of drug-likeness (QED) is 0.437. The molecule has 1 N–H and O–H groups in total. The van der Waals surface area contributed by atoms with Crippen molar-refractivity contribution in [3.8, 4) is 0 Å². The zero-order chi connectivity index (χ0) is 10.6. The molecule has 0 rings (SSSR count). The van der Waals surface area contributed by atoms with Gasteiger partial charge in [0.1, 0.15) is 0 Å². The van der Waals surface area contributed by atoms with Gasteiger partial charge in [-0.25, -0.2) is 0 Å². The number of unbranched alkanes of at least 4 members (excludes halogenated alkanes) is 5. The molecule has 0 aromatic heterocycles. The highest BCUT2D eigenvalue weighted by Crippen LogP contribution is 2.06. The second kappa shape index (κ2) is 10.8. The van der Waals surface area contributed by atoms with Gasteiger partial charge in [0.25, 0.3) is 0 Å². The van der Waals surface area contributed by atoms with E-state index in [1.54, 1.807) is 0 Å². The standard InChI is InChI=1S/C13H26O/c1-3-5-7-8-10-12-13(14)11-9-6-4-2/h10,12-14H,3-9,11H2,1-2H3/b12-10+. The van der Waals surface area contributed by atoms with Crippen LogP contribution in [0.2, 0.25) is 0 Å². The second-order valence-electron chi connectivity index (χ2n) is 3.99. The van der Waals surface area contributed by atoms with Crippen molar-refractivity contribution in [3.63, 3.8) is 0 Å². The maximum absolute atomic E-state index is 9.55. The number of aliphatic hydroxyl groups excluding tert-OH is 1. The maximum atomic E-state index is 9.55. The van der Waals surface area contributed by atoms with E-state index < -0.39 is 0 Å². The number of allylic oxidation sites excluding steroid dienone is 1.